The highest BCUT2D eigenvalue weighted by molar-refractivity contribution is 5.81. The summed E-state index contributed by atoms with van der Waals surface area (Å²) in [6, 6.07) is 9.53. The predicted octanol–water partition coefficient (Wildman–Crippen LogP) is 1.43. The zero-order valence-corrected chi connectivity index (χ0v) is 8.86. The Hall–Kier alpha value is -1.42. The minimum Gasteiger partial charge on any atom is -0.364 e. The van der Waals surface area contributed by atoms with Crippen molar-refractivity contribution >= 4 is 5.91 Å². The van der Waals surface area contributed by atoms with Gasteiger partial charge in [-0.3, -0.25) is 4.79 Å². The first kappa shape index (κ1) is 11.1. The Morgan fingerprint density at radius 1 is 1.38 bits per heavy atom. The van der Waals surface area contributed by atoms with E-state index in [1.807, 2.05) is 30.3 Å². The number of nitrogens with one attached hydrogen (secondary N) is 1. The molecule has 1 amide bonds. The van der Waals surface area contributed by atoms with E-state index >= 15 is 0 Å². The Labute approximate surface area is 93.6 Å². The number of amides is 1. The lowest BCUT2D eigenvalue weighted by atomic mass is 10.1. The smallest absolute Gasteiger partial charge is 0.249 e. The number of rotatable bonds is 3. The van der Waals surface area contributed by atoms with Gasteiger partial charge in [-0.05, 0) is 5.56 Å². The van der Waals surface area contributed by atoms with Crippen LogP contribution in [0.4, 0.5) is 4.39 Å². The van der Waals surface area contributed by atoms with E-state index in [9.17, 15) is 9.18 Å². The van der Waals surface area contributed by atoms with Crippen LogP contribution in [0.1, 0.15) is 12.0 Å². The first-order valence-corrected chi connectivity index (χ1v) is 5.33. The first-order valence-electron chi connectivity index (χ1n) is 5.33. The van der Waals surface area contributed by atoms with Crippen molar-refractivity contribution in [1.29, 1.82) is 0 Å². The van der Waals surface area contributed by atoms with Crippen LogP contribution in [0.15, 0.2) is 30.3 Å². The maximum atomic E-state index is 13.0. The van der Waals surface area contributed by atoms with Gasteiger partial charge in [-0.15, -0.1) is 0 Å². The fourth-order valence-corrected chi connectivity index (χ4v) is 1.66. The highest BCUT2D eigenvalue weighted by Gasteiger charge is 2.28. The molecule has 1 heterocycles. The number of hydrogen-bond donors (Lipinski definition) is 1. The number of carbonyl (C=O) groups is 1. The summed E-state index contributed by atoms with van der Waals surface area (Å²) < 4.78 is 18.4. The molecule has 4 heteroatoms. The van der Waals surface area contributed by atoms with Crippen molar-refractivity contribution in [1.82, 2.24) is 5.32 Å². The van der Waals surface area contributed by atoms with Gasteiger partial charge in [0.1, 0.15) is 12.3 Å². The number of benzene rings is 1. The molecule has 1 N–H and O–H groups in total. The van der Waals surface area contributed by atoms with E-state index in [4.69, 9.17) is 4.74 Å². The third-order valence-electron chi connectivity index (χ3n) is 2.55. The first-order chi connectivity index (χ1) is 7.75. The van der Waals surface area contributed by atoms with E-state index in [0.717, 1.165) is 5.56 Å². The van der Waals surface area contributed by atoms with Crippen molar-refractivity contribution in [2.75, 3.05) is 6.54 Å². The Kier molecular flexibility index (Phi) is 3.51. The van der Waals surface area contributed by atoms with E-state index in [2.05, 4.69) is 5.32 Å². The third kappa shape index (κ3) is 2.79. The zero-order valence-electron chi connectivity index (χ0n) is 8.86. The number of alkyl halides is 1. The van der Waals surface area contributed by atoms with Crippen molar-refractivity contribution in [3.05, 3.63) is 35.9 Å². The van der Waals surface area contributed by atoms with Crippen LogP contribution in [0.25, 0.3) is 0 Å². The van der Waals surface area contributed by atoms with Crippen molar-refractivity contribution < 1.29 is 13.9 Å². The zero-order chi connectivity index (χ0) is 11.4. The molecule has 0 aliphatic carbocycles. The minimum absolute atomic E-state index is 0.101. The van der Waals surface area contributed by atoms with Gasteiger partial charge in [0.25, 0.3) is 0 Å². The van der Waals surface area contributed by atoms with Crippen LogP contribution in [-0.2, 0) is 16.1 Å². The molecule has 0 unspecified atom stereocenters. The Bertz CT molecular complexity index is 355. The van der Waals surface area contributed by atoms with Crippen molar-refractivity contribution in [2.45, 2.75) is 25.3 Å². The van der Waals surface area contributed by atoms with Crippen molar-refractivity contribution in [3.8, 4) is 0 Å². The fourth-order valence-electron chi connectivity index (χ4n) is 1.66. The SMILES string of the molecule is O=C1NC[C@@H](F)C[C@@H]1OCc1ccccc1. The molecule has 1 aromatic rings. The summed E-state index contributed by atoms with van der Waals surface area (Å²) in [5.41, 5.74) is 0.983. The van der Waals surface area contributed by atoms with Crippen LogP contribution in [0, 0.1) is 0 Å². The fraction of sp³-hybridized carbons (Fsp3) is 0.417. The van der Waals surface area contributed by atoms with Gasteiger partial charge in [0.05, 0.1) is 6.61 Å². The molecule has 0 saturated carbocycles. The molecule has 1 aliphatic rings. The molecule has 0 aromatic heterocycles. The van der Waals surface area contributed by atoms with E-state index in [1.165, 1.54) is 0 Å². The lowest BCUT2D eigenvalue weighted by molar-refractivity contribution is -0.138. The summed E-state index contributed by atoms with van der Waals surface area (Å²) in [6.07, 6.45) is -1.51. The van der Waals surface area contributed by atoms with Gasteiger partial charge < -0.3 is 10.1 Å². The highest BCUT2D eigenvalue weighted by Crippen LogP contribution is 2.13. The second kappa shape index (κ2) is 5.07. The maximum absolute atomic E-state index is 13.0. The van der Waals surface area contributed by atoms with Crippen LogP contribution in [0.3, 0.4) is 0 Å². The standard InChI is InChI=1S/C12H14FNO2/c13-10-6-11(12(15)14-7-10)16-8-9-4-2-1-3-5-9/h1-5,10-11H,6-8H2,(H,14,15)/t10-,11-/m0/s1. The highest BCUT2D eigenvalue weighted by atomic mass is 19.1. The van der Waals surface area contributed by atoms with Crippen LogP contribution < -0.4 is 5.32 Å². The van der Waals surface area contributed by atoms with E-state index in [-0.39, 0.29) is 18.9 Å². The lowest BCUT2D eigenvalue weighted by Crippen LogP contribution is -2.46. The monoisotopic (exact) mass is 223 g/mol. The summed E-state index contributed by atoms with van der Waals surface area (Å²) in [4.78, 5) is 11.4. The molecule has 1 fully saturated rings. The van der Waals surface area contributed by atoms with Gasteiger partial charge in [-0.2, -0.15) is 0 Å². The van der Waals surface area contributed by atoms with E-state index in [0.29, 0.717) is 6.61 Å². The normalized spacial score (nSPS) is 25.2. The van der Waals surface area contributed by atoms with Gasteiger partial charge in [0.15, 0.2) is 0 Å². The number of ether oxygens (including phenoxy) is 1. The summed E-state index contributed by atoms with van der Waals surface area (Å²) >= 11 is 0. The molecule has 3 nitrogen and oxygen atoms in total. The third-order valence-corrected chi connectivity index (χ3v) is 2.55. The molecule has 2 rings (SSSR count). The van der Waals surface area contributed by atoms with Crippen molar-refractivity contribution in [2.24, 2.45) is 0 Å². The maximum Gasteiger partial charge on any atom is 0.249 e. The molecule has 1 saturated heterocycles. The van der Waals surface area contributed by atoms with E-state index in [1.54, 1.807) is 0 Å². The molecule has 1 aromatic carbocycles. The second-order valence-electron chi connectivity index (χ2n) is 3.86. The molecule has 0 radical (unpaired) electrons. The van der Waals surface area contributed by atoms with Crippen LogP contribution >= 0.6 is 0 Å². The van der Waals surface area contributed by atoms with Crippen molar-refractivity contribution in [3.63, 3.8) is 0 Å². The number of halogens is 1. The molecule has 0 bridgehead atoms. The molecule has 86 valence electrons. The molecule has 16 heavy (non-hydrogen) atoms. The average Bonchev–Trinajstić information content (AvgIpc) is 2.32. The van der Waals surface area contributed by atoms with Crippen LogP contribution in [0.2, 0.25) is 0 Å². The average molecular weight is 223 g/mol. The largest absolute Gasteiger partial charge is 0.364 e. The van der Waals surface area contributed by atoms with Gasteiger partial charge >= 0.3 is 0 Å². The lowest BCUT2D eigenvalue weighted by Gasteiger charge is -2.24. The molecule has 2 atom stereocenters. The van der Waals surface area contributed by atoms with E-state index < -0.39 is 12.3 Å². The second-order valence-corrected chi connectivity index (χ2v) is 3.86. The summed E-state index contributed by atoms with van der Waals surface area (Å²) in [5.74, 6) is -0.218. The molecule has 0 spiro atoms. The number of piperidine rings is 1. The van der Waals surface area contributed by atoms with Crippen LogP contribution in [0.5, 0.6) is 0 Å². The molecular weight excluding hydrogens is 209 g/mol. The molecule has 1 aliphatic heterocycles. The Morgan fingerprint density at radius 3 is 2.88 bits per heavy atom. The number of hydrogen-bond acceptors (Lipinski definition) is 2. The van der Waals surface area contributed by atoms with Crippen LogP contribution in [-0.4, -0.2) is 24.7 Å². The van der Waals surface area contributed by atoms with Gasteiger partial charge in [-0.25, -0.2) is 4.39 Å². The summed E-state index contributed by atoms with van der Waals surface area (Å²) in [6.45, 7) is 0.440. The summed E-state index contributed by atoms with van der Waals surface area (Å²) in [7, 11) is 0. The predicted molar refractivity (Wildman–Crippen MR) is 57.5 cm³/mol. The molecular formula is C12H14FNO2. The Morgan fingerprint density at radius 2 is 2.12 bits per heavy atom. The quantitative estimate of drug-likeness (QED) is 0.841. The Balaban J connectivity index is 1.87. The van der Waals surface area contributed by atoms with Gasteiger partial charge in [0, 0.05) is 13.0 Å². The minimum atomic E-state index is -1.00. The topological polar surface area (TPSA) is 38.3 Å². The van der Waals surface area contributed by atoms with Gasteiger partial charge in [0.2, 0.25) is 5.91 Å². The summed E-state index contributed by atoms with van der Waals surface area (Å²) in [5, 5.41) is 2.48. The number of carbonyl (C=O) groups excluding carboxylic acids is 1. The van der Waals surface area contributed by atoms with Gasteiger partial charge in [-0.1, -0.05) is 30.3 Å².